The van der Waals surface area contributed by atoms with Crippen molar-refractivity contribution in [3.8, 4) is 5.75 Å². The van der Waals surface area contributed by atoms with Crippen molar-refractivity contribution >= 4 is 17.6 Å². The standard InChI is InChI=1S/C13H13NO4/c15-11-6-18-10-4-3-8(5-9(10)14-11)12(13(16)17)7-1-2-7/h3-5,7,12H,1-2,6H2,(H,14,15)(H,16,17). The maximum Gasteiger partial charge on any atom is 0.311 e. The molecular weight excluding hydrogens is 234 g/mol. The average molecular weight is 247 g/mol. The SMILES string of the molecule is O=C1COc2ccc(C(C(=O)O)C3CC3)cc2N1. The first kappa shape index (κ1) is 11.1. The van der Waals surface area contributed by atoms with E-state index < -0.39 is 11.9 Å². The van der Waals surface area contributed by atoms with E-state index in [1.807, 2.05) is 0 Å². The van der Waals surface area contributed by atoms with Crippen LogP contribution >= 0.6 is 0 Å². The Bertz CT molecular complexity index is 522. The molecule has 1 saturated carbocycles. The fourth-order valence-electron chi connectivity index (χ4n) is 2.34. The van der Waals surface area contributed by atoms with E-state index in [1.54, 1.807) is 18.2 Å². The highest BCUT2D eigenvalue weighted by Gasteiger charge is 2.37. The van der Waals surface area contributed by atoms with Crippen LogP contribution in [0.15, 0.2) is 18.2 Å². The second kappa shape index (κ2) is 4.01. The van der Waals surface area contributed by atoms with Gasteiger partial charge in [0.2, 0.25) is 0 Å². The summed E-state index contributed by atoms with van der Waals surface area (Å²) in [5, 5.41) is 12.0. The molecular formula is C13H13NO4. The zero-order valence-electron chi connectivity index (χ0n) is 9.68. The number of ether oxygens (including phenoxy) is 1. The number of carboxylic acids is 1. The zero-order valence-corrected chi connectivity index (χ0v) is 9.68. The van der Waals surface area contributed by atoms with Gasteiger partial charge in [-0.1, -0.05) is 6.07 Å². The first-order chi connectivity index (χ1) is 8.65. The summed E-state index contributed by atoms with van der Waals surface area (Å²) >= 11 is 0. The molecule has 2 N–H and O–H groups in total. The third-order valence-electron chi connectivity index (χ3n) is 3.36. The van der Waals surface area contributed by atoms with Gasteiger partial charge in [0.05, 0.1) is 11.6 Å². The Balaban J connectivity index is 1.95. The number of hydrogen-bond donors (Lipinski definition) is 2. The Labute approximate surface area is 104 Å². The Morgan fingerprint density at radius 1 is 1.44 bits per heavy atom. The molecule has 0 aromatic heterocycles. The number of anilines is 1. The molecule has 3 rings (SSSR count). The van der Waals surface area contributed by atoms with E-state index in [9.17, 15) is 14.7 Å². The van der Waals surface area contributed by atoms with Crippen molar-refractivity contribution in [3.63, 3.8) is 0 Å². The average Bonchev–Trinajstić information content (AvgIpc) is 3.12. The Morgan fingerprint density at radius 2 is 2.22 bits per heavy atom. The van der Waals surface area contributed by atoms with Crippen LogP contribution in [0.2, 0.25) is 0 Å². The highest BCUT2D eigenvalue weighted by Crippen LogP contribution is 2.44. The highest BCUT2D eigenvalue weighted by atomic mass is 16.5. The lowest BCUT2D eigenvalue weighted by Crippen LogP contribution is -2.25. The van der Waals surface area contributed by atoms with Gasteiger partial charge in [-0.15, -0.1) is 0 Å². The van der Waals surface area contributed by atoms with E-state index in [0.717, 1.165) is 18.4 Å². The quantitative estimate of drug-likeness (QED) is 0.850. The summed E-state index contributed by atoms with van der Waals surface area (Å²) in [7, 11) is 0. The third-order valence-corrected chi connectivity index (χ3v) is 3.36. The Kier molecular flexibility index (Phi) is 2.47. The summed E-state index contributed by atoms with van der Waals surface area (Å²) in [6, 6.07) is 5.21. The molecule has 18 heavy (non-hydrogen) atoms. The van der Waals surface area contributed by atoms with Gasteiger partial charge in [-0.05, 0) is 36.5 Å². The predicted molar refractivity (Wildman–Crippen MR) is 63.7 cm³/mol. The van der Waals surface area contributed by atoms with Crippen LogP contribution in [0, 0.1) is 5.92 Å². The molecule has 1 unspecified atom stereocenters. The predicted octanol–water partition coefficient (Wildman–Crippen LogP) is 1.60. The molecule has 0 spiro atoms. The number of hydrogen-bond acceptors (Lipinski definition) is 3. The first-order valence-electron chi connectivity index (χ1n) is 5.94. The van der Waals surface area contributed by atoms with E-state index in [2.05, 4.69) is 5.32 Å². The van der Waals surface area contributed by atoms with Crippen molar-refractivity contribution in [2.75, 3.05) is 11.9 Å². The largest absolute Gasteiger partial charge is 0.482 e. The fraction of sp³-hybridized carbons (Fsp3) is 0.385. The van der Waals surface area contributed by atoms with Crippen molar-refractivity contribution in [3.05, 3.63) is 23.8 Å². The van der Waals surface area contributed by atoms with Gasteiger partial charge in [0.15, 0.2) is 6.61 Å². The maximum atomic E-state index is 11.3. The van der Waals surface area contributed by atoms with Gasteiger partial charge >= 0.3 is 5.97 Å². The van der Waals surface area contributed by atoms with E-state index in [1.165, 1.54) is 0 Å². The summed E-state index contributed by atoms with van der Waals surface area (Å²) in [4.78, 5) is 22.5. The smallest absolute Gasteiger partial charge is 0.311 e. The molecule has 5 nitrogen and oxygen atoms in total. The van der Waals surface area contributed by atoms with Crippen LogP contribution in [0.5, 0.6) is 5.75 Å². The Hall–Kier alpha value is -2.04. The number of aliphatic carboxylic acids is 1. The summed E-state index contributed by atoms with van der Waals surface area (Å²) in [5.41, 5.74) is 1.30. The molecule has 0 radical (unpaired) electrons. The molecule has 1 aromatic rings. The van der Waals surface area contributed by atoms with Crippen molar-refractivity contribution in [1.82, 2.24) is 0 Å². The second-order valence-corrected chi connectivity index (χ2v) is 4.75. The summed E-state index contributed by atoms with van der Waals surface area (Å²) < 4.78 is 5.25. The number of benzene rings is 1. The fourth-order valence-corrected chi connectivity index (χ4v) is 2.34. The molecule has 0 bridgehead atoms. The Morgan fingerprint density at radius 3 is 2.89 bits per heavy atom. The van der Waals surface area contributed by atoms with Crippen LogP contribution in [-0.2, 0) is 9.59 Å². The summed E-state index contributed by atoms with van der Waals surface area (Å²) in [5.74, 6) is -0.674. The van der Waals surface area contributed by atoms with Gasteiger partial charge in [-0.25, -0.2) is 0 Å². The number of rotatable bonds is 3. The molecule has 94 valence electrons. The molecule has 5 heteroatoms. The van der Waals surface area contributed by atoms with Crippen LogP contribution in [-0.4, -0.2) is 23.6 Å². The van der Waals surface area contributed by atoms with Crippen LogP contribution in [0.3, 0.4) is 0 Å². The number of carbonyl (C=O) groups is 2. The van der Waals surface area contributed by atoms with E-state index >= 15 is 0 Å². The van der Waals surface area contributed by atoms with Crippen LogP contribution in [0.1, 0.15) is 24.3 Å². The van der Waals surface area contributed by atoms with Gasteiger partial charge in [-0.2, -0.15) is 0 Å². The minimum absolute atomic E-state index is 0.0112. The normalized spacial score (nSPS) is 19.4. The van der Waals surface area contributed by atoms with Crippen molar-refractivity contribution in [2.24, 2.45) is 5.92 Å². The lowest BCUT2D eigenvalue weighted by molar-refractivity contribution is -0.139. The minimum Gasteiger partial charge on any atom is -0.482 e. The van der Waals surface area contributed by atoms with Crippen LogP contribution < -0.4 is 10.1 Å². The molecule has 2 aliphatic rings. The van der Waals surface area contributed by atoms with Crippen molar-refractivity contribution < 1.29 is 19.4 Å². The molecule has 1 aliphatic heterocycles. The molecule has 0 saturated heterocycles. The number of nitrogens with one attached hydrogen (secondary N) is 1. The minimum atomic E-state index is -0.805. The molecule has 1 heterocycles. The lowest BCUT2D eigenvalue weighted by Gasteiger charge is -2.20. The monoisotopic (exact) mass is 247 g/mol. The second-order valence-electron chi connectivity index (χ2n) is 4.75. The van der Waals surface area contributed by atoms with Gasteiger partial charge < -0.3 is 15.2 Å². The van der Waals surface area contributed by atoms with Crippen molar-refractivity contribution in [1.29, 1.82) is 0 Å². The van der Waals surface area contributed by atoms with E-state index in [4.69, 9.17) is 4.74 Å². The van der Waals surface area contributed by atoms with E-state index in [0.29, 0.717) is 11.4 Å². The zero-order chi connectivity index (χ0) is 12.7. The molecule has 1 aromatic carbocycles. The maximum absolute atomic E-state index is 11.3. The van der Waals surface area contributed by atoms with Crippen molar-refractivity contribution in [2.45, 2.75) is 18.8 Å². The first-order valence-corrected chi connectivity index (χ1v) is 5.94. The van der Waals surface area contributed by atoms with E-state index in [-0.39, 0.29) is 18.4 Å². The number of amides is 1. The number of fused-ring (bicyclic) bond motifs is 1. The molecule has 1 amide bonds. The topological polar surface area (TPSA) is 75.6 Å². The van der Waals surface area contributed by atoms with Gasteiger partial charge in [0.25, 0.3) is 5.91 Å². The van der Waals surface area contributed by atoms with Gasteiger partial charge in [-0.3, -0.25) is 9.59 Å². The summed E-state index contributed by atoms with van der Waals surface area (Å²) in [6.07, 6.45) is 1.91. The summed E-state index contributed by atoms with van der Waals surface area (Å²) in [6.45, 7) is 0.0112. The van der Waals surface area contributed by atoms with Crippen LogP contribution in [0.4, 0.5) is 5.69 Å². The number of carbonyl (C=O) groups excluding carboxylic acids is 1. The molecule has 1 fully saturated rings. The highest BCUT2D eigenvalue weighted by molar-refractivity contribution is 5.95. The third kappa shape index (κ3) is 1.92. The van der Waals surface area contributed by atoms with Crippen LogP contribution in [0.25, 0.3) is 0 Å². The molecule has 1 aliphatic carbocycles. The lowest BCUT2D eigenvalue weighted by atomic mass is 9.93. The van der Waals surface area contributed by atoms with Gasteiger partial charge in [0, 0.05) is 0 Å². The van der Waals surface area contributed by atoms with Gasteiger partial charge in [0.1, 0.15) is 5.75 Å². The molecule has 1 atom stereocenters. The number of carboxylic acid groups (broad SMARTS) is 1.